The fourth-order valence-electron chi connectivity index (χ4n) is 5.66. The van der Waals surface area contributed by atoms with Crippen molar-refractivity contribution in [1.29, 1.82) is 0 Å². The van der Waals surface area contributed by atoms with Crippen LogP contribution in [0.3, 0.4) is 0 Å². The van der Waals surface area contributed by atoms with Gasteiger partial charge in [-0.05, 0) is 49.4 Å². The molecule has 2 saturated heterocycles. The fraction of sp³-hybridized carbons (Fsp3) is 0.481. The van der Waals surface area contributed by atoms with E-state index in [0.29, 0.717) is 53.8 Å². The zero-order valence-corrected chi connectivity index (χ0v) is 24.5. The number of fused-ring (bicyclic) bond motifs is 1. The lowest BCUT2D eigenvalue weighted by molar-refractivity contribution is 0.205. The number of ether oxygens (including phenoxy) is 1. The van der Waals surface area contributed by atoms with Crippen molar-refractivity contribution in [3.05, 3.63) is 42.4 Å². The standard InChI is InChI=1S/C27H35FN10O4S/c28-21-16-20(41-14-3-15-43(30,39)40)6-7-22(21)36-11-9-35(10-12-36)17-19-4-1-8-37(18-19)26-32-25(29)38-27(33-26)31-24(34-38)23-5-2-13-42-23/h2,5-7,13,16,19H,1,3-4,8-12,14-15,17-18H2,(H2,30,39,40)(H2,29,31,32,33,34)/t19-/m0/s1. The Labute approximate surface area is 248 Å². The molecule has 1 aromatic carbocycles. The molecule has 230 valence electrons. The molecule has 2 aliphatic heterocycles. The molecule has 6 rings (SSSR count). The Hall–Kier alpha value is -4.02. The first kappa shape index (κ1) is 29.1. The molecule has 14 nitrogen and oxygen atoms in total. The molecule has 16 heteroatoms. The third-order valence-corrected chi connectivity index (χ3v) is 8.61. The maximum Gasteiger partial charge on any atom is 0.259 e. The average molecular weight is 615 g/mol. The summed E-state index contributed by atoms with van der Waals surface area (Å²) in [6.45, 7) is 5.80. The van der Waals surface area contributed by atoms with Gasteiger partial charge in [-0.2, -0.15) is 19.5 Å². The van der Waals surface area contributed by atoms with Crippen LogP contribution in [0, 0.1) is 11.7 Å². The second-order valence-corrected chi connectivity index (χ2v) is 12.7. The van der Waals surface area contributed by atoms with Gasteiger partial charge in [0.05, 0.1) is 24.3 Å². The van der Waals surface area contributed by atoms with Gasteiger partial charge in [-0.3, -0.25) is 4.90 Å². The van der Waals surface area contributed by atoms with Crippen molar-refractivity contribution >= 4 is 33.4 Å². The van der Waals surface area contributed by atoms with Crippen LogP contribution in [-0.4, -0.2) is 96.1 Å². The highest BCUT2D eigenvalue weighted by atomic mass is 32.2. The highest BCUT2D eigenvalue weighted by Gasteiger charge is 2.27. The van der Waals surface area contributed by atoms with E-state index in [9.17, 15) is 12.8 Å². The Bertz CT molecular complexity index is 1660. The largest absolute Gasteiger partial charge is 0.493 e. The Morgan fingerprint density at radius 3 is 2.65 bits per heavy atom. The maximum absolute atomic E-state index is 14.9. The number of primary sulfonamides is 1. The lowest BCUT2D eigenvalue weighted by Crippen LogP contribution is -2.50. The van der Waals surface area contributed by atoms with Crippen molar-refractivity contribution in [2.45, 2.75) is 19.3 Å². The van der Waals surface area contributed by atoms with E-state index in [2.05, 4.69) is 29.9 Å². The van der Waals surface area contributed by atoms with Gasteiger partial charge in [0.2, 0.25) is 27.7 Å². The molecular weight excluding hydrogens is 579 g/mol. The van der Waals surface area contributed by atoms with Gasteiger partial charge in [0, 0.05) is 51.9 Å². The van der Waals surface area contributed by atoms with E-state index in [1.54, 1.807) is 30.5 Å². The molecule has 43 heavy (non-hydrogen) atoms. The number of sulfonamides is 1. The SMILES string of the molecule is Nc1nc(N2CCC[C@@H](CN3CCN(c4ccc(OCCCS(N)(=O)=O)cc4F)CC3)C2)nc2nc(-c3ccco3)nn12. The second kappa shape index (κ2) is 12.3. The van der Waals surface area contributed by atoms with Crippen molar-refractivity contribution < 1.29 is 22.0 Å². The topological polar surface area (TPSA) is 174 Å². The van der Waals surface area contributed by atoms with E-state index >= 15 is 0 Å². The summed E-state index contributed by atoms with van der Waals surface area (Å²) < 4.78 is 49.3. The molecule has 0 unspecified atom stereocenters. The molecule has 0 radical (unpaired) electrons. The first-order valence-electron chi connectivity index (χ1n) is 14.3. The van der Waals surface area contributed by atoms with E-state index in [1.807, 2.05) is 4.90 Å². The average Bonchev–Trinajstić information content (AvgIpc) is 3.67. The Morgan fingerprint density at radius 1 is 1.07 bits per heavy atom. The number of aromatic nitrogens is 5. The number of nitrogen functional groups attached to an aromatic ring is 1. The van der Waals surface area contributed by atoms with Crippen molar-refractivity contribution in [2.75, 3.05) is 73.7 Å². The molecule has 3 aromatic heterocycles. The van der Waals surface area contributed by atoms with E-state index in [4.69, 9.17) is 20.0 Å². The number of piperazine rings is 1. The fourth-order valence-corrected chi connectivity index (χ4v) is 6.18. The minimum Gasteiger partial charge on any atom is -0.493 e. The van der Waals surface area contributed by atoms with Gasteiger partial charge >= 0.3 is 0 Å². The van der Waals surface area contributed by atoms with Gasteiger partial charge in [-0.25, -0.2) is 17.9 Å². The van der Waals surface area contributed by atoms with Crippen molar-refractivity contribution in [3.63, 3.8) is 0 Å². The minimum absolute atomic E-state index is 0.147. The highest BCUT2D eigenvalue weighted by Crippen LogP contribution is 2.27. The molecular formula is C27H35FN10O4S. The predicted octanol–water partition coefficient (Wildman–Crippen LogP) is 1.60. The summed E-state index contributed by atoms with van der Waals surface area (Å²) in [5.74, 6) is 2.34. The number of nitrogens with zero attached hydrogens (tertiary/aromatic N) is 8. The molecule has 1 atom stereocenters. The number of nitrogens with two attached hydrogens (primary N) is 2. The number of hydrogen-bond donors (Lipinski definition) is 2. The summed E-state index contributed by atoms with van der Waals surface area (Å²) in [4.78, 5) is 20.3. The van der Waals surface area contributed by atoms with Crippen molar-refractivity contribution in [1.82, 2.24) is 29.5 Å². The van der Waals surface area contributed by atoms with Gasteiger partial charge in [0.1, 0.15) is 11.6 Å². The number of rotatable bonds is 10. The summed E-state index contributed by atoms with van der Waals surface area (Å²) in [5, 5.41) is 9.37. The Kier molecular flexibility index (Phi) is 8.32. The van der Waals surface area contributed by atoms with E-state index in [-0.39, 0.29) is 30.5 Å². The third-order valence-electron chi connectivity index (χ3n) is 7.76. The van der Waals surface area contributed by atoms with Crippen LogP contribution >= 0.6 is 0 Å². The summed E-state index contributed by atoms with van der Waals surface area (Å²) in [5.41, 5.74) is 6.75. The van der Waals surface area contributed by atoms with Gasteiger partial charge in [0.25, 0.3) is 5.78 Å². The van der Waals surface area contributed by atoms with Crippen LogP contribution in [0.15, 0.2) is 41.0 Å². The molecule has 4 aromatic rings. The van der Waals surface area contributed by atoms with E-state index in [0.717, 1.165) is 45.6 Å². The van der Waals surface area contributed by atoms with Crippen LogP contribution in [0.4, 0.5) is 22.0 Å². The molecule has 2 aliphatic rings. The summed E-state index contributed by atoms with van der Waals surface area (Å²) >= 11 is 0. The zero-order chi connectivity index (χ0) is 30.0. The number of benzene rings is 1. The van der Waals surface area contributed by atoms with Crippen LogP contribution in [0.5, 0.6) is 5.75 Å². The quantitative estimate of drug-likeness (QED) is 0.247. The number of furan rings is 1. The van der Waals surface area contributed by atoms with Crippen LogP contribution in [-0.2, 0) is 10.0 Å². The van der Waals surface area contributed by atoms with Gasteiger partial charge in [-0.1, -0.05) is 0 Å². The lowest BCUT2D eigenvalue weighted by atomic mass is 9.97. The van der Waals surface area contributed by atoms with Crippen LogP contribution in [0.2, 0.25) is 0 Å². The van der Waals surface area contributed by atoms with Crippen molar-refractivity contribution in [3.8, 4) is 17.3 Å². The highest BCUT2D eigenvalue weighted by molar-refractivity contribution is 7.89. The number of hydrogen-bond acceptors (Lipinski definition) is 12. The van der Waals surface area contributed by atoms with Crippen LogP contribution < -0.4 is 25.4 Å². The normalized spacial score (nSPS) is 18.4. The predicted molar refractivity (Wildman–Crippen MR) is 159 cm³/mol. The van der Waals surface area contributed by atoms with Crippen molar-refractivity contribution in [2.24, 2.45) is 11.1 Å². The molecule has 5 heterocycles. The molecule has 0 amide bonds. The third kappa shape index (κ3) is 6.97. The number of anilines is 3. The van der Waals surface area contributed by atoms with Gasteiger partial charge in [0.15, 0.2) is 5.76 Å². The lowest BCUT2D eigenvalue weighted by Gasteiger charge is -2.40. The summed E-state index contributed by atoms with van der Waals surface area (Å²) in [6.07, 6.45) is 3.93. The molecule has 0 spiro atoms. The zero-order valence-electron chi connectivity index (χ0n) is 23.7. The summed E-state index contributed by atoms with van der Waals surface area (Å²) in [6, 6.07) is 8.32. The summed E-state index contributed by atoms with van der Waals surface area (Å²) in [7, 11) is -3.54. The molecule has 0 saturated carbocycles. The molecule has 4 N–H and O–H groups in total. The Balaban J connectivity index is 1.01. The van der Waals surface area contributed by atoms with Crippen LogP contribution in [0.25, 0.3) is 17.4 Å². The molecule has 2 fully saturated rings. The van der Waals surface area contributed by atoms with Gasteiger partial charge in [-0.15, -0.1) is 5.10 Å². The van der Waals surface area contributed by atoms with Gasteiger partial charge < -0.3 is 24.7 Å². The minimum atomic E-state index is -3.54. The smallest absolute Gasteiger partial charge is 0.259 e. The van der Waals surface area contributed by atoms with E-state index < -0.39 is 10.0 Å². The number of halogens is 1. The second-order valence-electron chi connectivity index (χ2n) is 10.9. The van der Waals surface area contributed by atoms with E-state index in [1.165, 1.54) is 10.6 Å². The van der Waals surface area contributed by atoms with Crippen LogP contribution in [0.1, 0.15) is 19.3 Å². The maximum atomic E-state index is 14.9. The Morgan fingerprint density at radius 2 is 1.91 bits per heavy atom. The number of piperidine rings is 1. The molecule has 0 bridgehead atoms. The monoisotopic (exact) mass is 614 g/mol. The first-order valence-corrected chi connectivity index (χ1v) is 16.0. The first-order chi connectivity index (χ1) is 20.7. The molecule has 0 aliphatic carbocycles.